The molecule has 3 aromatic heterocycles. The highest BCUT2D eigenvalue weighted by molar-refractivity contribution is 6.31. The fraction of sp³-hybridized carbons (Fsp3) is 0.0556. The molecule has 1 amide bonds. The number of imidazole rings is 1. The summed E-state index contributed by atoms with van der Waals surface area (Å²) in [5.41, 5.74) is 8.38. The third kappa shape index (κ3) is 2.49. The first-order valence-electron chi connectivity index (χ1n) is 7.42. The van der Waals surface area contributed by atoms with Crippen LogP contribution in [-0.2, 0) is 6.42 Å². The molecule has 0 bridgehead atoms. The van der Waals surface area contributed by atoms with E-state index in [2.05, 4.69) is 9.97 Å². The summed E-state index contributed by atoms with van der Waals surface area (Å²) in [7, 11) is 0. The van der Waals surface area contributed by atoms with E-state index in [1.165, 1.54) is 0 Å². The summed E-state index contributed by atoms with van der Waals surface area (Å²) < 4.78 is 1.89. The number of pyridine rings is 2. The first-order valence-corrected chi connectivity index (χ1v) is 7.79. The first kappa shape index (κ1) is 14.7. The van der Waals surface area contributed by atoms with Crippen molar-refractivity contribution >= 4 is 33.9 Å². The molecule has 4 aromatic rings. The summed E-state index contributed by atoms with van der Waals surface area (Å²) in [6.07, 6.45) is 4.08. The van der Waals surface area contributed by atoms with Gasteiger partial charge >= 0.3 is 0 Å². The van der Waals surface area contributed by atoms with Gasteiger partial charge in [-0.1, -0.05) is 23.7 Å². The fourth-order valence-corrected chi connectivity index (χ4v) is 3.02. The summed E-state index contributed by atoms with van der Waals surface area (Å²) in [5, 5.41) is 1.57. The number of hydrogen-bond donors (Lipinski definition) is 1. The van der Waals surface area contributed by atoms with Crippen LogP contribution in [0.2, 0.25) is 5.02 Å². The normalized spacial score (nSPS) is 11.2. The number of aromatic nitrogens is 3. The molecule has 0 aliphatic heterocycles. The molecule has 0 radical (unpaired) electrons. The van der Waals surface area contributed by atoms with Crippen LogP contribution in [0.4, 0.5) is 0 Å². The van der Waals surface area contributed by atoms with Crippen LogP contribution < -0.4 is 5.73 Å². The van der Waals surface area contributed by atoms with Gasteiger partial charge in [-0.2, -0.15) is 0 Å². The van der Waals surface area contributed by atoms with Gasteiger partial charge in [0.05, 0.1) is 16.1 Å². The van der Waals surface area contributed by atoms with E-state index >= 15 is 0 Å². The number of primary amides is 1. The minimum Gasteiger partial charge on any atom is -0.364 e. The average molecular weight is 337 g/mol. The molecule has 24 heavy (non-hydrogen) atoms. The first-order chi connectivity index (χ1) is 11.6. The monoisotopic (exact) mass is 336 g/mol. The second-order valence-electron chi connectivity index (χ2n) is 5.55. The number of rotatable bonds is 3. The lowest BCUT2D eigenvalue weighted by Gasteiger charge is -2.04. The van der Waals surface area contributed by atoms with Crippen molar-refractivity contribution in [3.8, 4) is 0 Å². The Labute approximate surface area is 142 Å². The number of fused-ring (bicyclic) bond motifs is 2. The summed E-state index contributed by atoms with van der Waals surface area (Å²) >= 11 is 6.02. The van der Waals surface area contributed by atoms with Gasteiger partial charge in [-0.05, 0) is 35.9 Å². The molecule has 0 aliphatic rings. The van der Waals surface area contributed by atoms with E-state index in [1.807, 2.05) is 53.1 Å². The number of nitrogens with zero attached hydrogens (tertiary/aromatic N) is 3. The van der Waals surface area contributed by atoms with Crippen LogP contribution in [0.15, 0.2) is 54.9 Å². The number of halogens is 1. The smallest absolute Gasteiger partial charge is 0.269 e. The zero-order valence-electron chi connectivity index (χ0n) is 12.6. The van der Waals surface area contributed by atoms with E-state index in [-0.39, 0.29) is 5.69 Å². The number of benzene rings is 1. The molecule has 4 rings (SSSR count). The van der Waals surface area contributed by atoms with Crippen molar-refractivity contribution in [2.24, 2.45) is 5.73 Å². The molecule has 118 valence electrons. The maximum atomic E-state index is 11.6. The van der Waals surface area contributed by atoms with Crippen LogP contribution in [0.1, 0.15) is 21.9 Å². The summed E-state index contributed by atoms with van der Waals surface area (Å²) in [5.74, 6) is 0.230. The van der Waals surface area contributed by atoms with Crippen molar-refractivity contribution < 1.29 is 4.79 Å². The SMILES string of the molecule is NC(=O)c1nc(Cc2ccc3ncc(Cl)cc3c2)n2ccccc12. The van der Waals surface area contributed by atoms with Gasteiger partial charge < -0.3 is 10.1 Å². The Hall–Kier alpha value is -2.92. The van der Waals surface area contributed by atoms with E-state index in [0.29, 0.717) is 17.0 Å². The average Bonchev–Trinajstić information content (AvgIpc) is 2.94. The molecule has 3 heterocycles. The van der Waals surface area contributed by atoms with E-state index in [9.17, 15) is 4.79 Å². The highest BCUT2D eigenvalue weighted by Gasteiger charge is 2.15. The molecule has 0 fully saturated rings. The summed E-state index contributed by atoms with van der Waals surface area (Å²) in [4.78, 5) is 20.3. The predicted molar refractivity (Wildman–Crippen MR) is 93.3 cm³/mol. The summed E-state index contributed by atoms with van der Waals surface area (Å²) in [6, 6.07) is 13.4. The van der Waals surface area contributed by atoms with Crippen LogP contribution in [0, 0.1) is 0 Å². The quantitative estimate of drug-likeness (QED) is 0.624. The zero-order chi connectivity index (χ0) is 16.7. The van der Waals surface area contributed by atoms with Gasteiger partial charge in [-0.25, -0.2) is 4.98 Å². The molecular formula is C18H13ClN4O. The molecule has 6 heteroatoms. The van der Waals surface area contributed by atoms with Crippen LogP contribution in [0.3, 0.4) is 0 Å². The Morgan fingerprint density at radius 3 is 2.92 bits per heavy atom. The third-order valence-electron chi connectivity index (χ3n) is 3.93. The van der Waals surface area contributed by atoms with Crippen molar-refractivity contribution in [1.82, 2.24) is 14.4 Å². The molecule has 0 saturated carbocycles. The Morgan fingerprint density at radius 2 is 2.08 bits per heavy atom. The Kier molecular flexibility index (Phi) is 3.43. The topological polar surface area (TPSA) is 73.3 Å². The van der Waals surface area contributed by atoms with E-state index in [1.54, 1.807) is 6.20 Å². The molecule has 0 aliphatic carbocycles. The van der Waals surface area contributed by atoms with Crippen molar-refractivity contribution in [3.05, 3.63) is 77.0 Å². The van der Waals surface area contributed by atoms with Gasteiger partial charge in [0, 0.05) is 24.2 Å². The molecule has 0 atom stereocenters. The van der Waals surface area contributed by atoms with Gasteiger partial charge in [-0.15, -0.1) is 0 Å². The maximum Gasteiger partial charge on any atom is 0.269 e. The van der Waals surface area contributed by atoms with Crippen LogP contribution in [0.25, 0.3) is 16.4 Å². The van der Waals surface area contributed by atoms with E-state index in [4.69, 9.17) is 17.3 Å². The van der Waals surface area contributed by atoms with Crippen molar-refractivity contribution in [2.75, 3.05) is 0 Å². The third-order valence-corrected chi connectivity index (χ3v) is 4.14. The molecular weight excluding hydrogens is 324 g/mol. The fourth-order valence-electron chi connectivity index (χ4n) is 2.85. The lowest BCUT2D eigenvalue weighted by Crippen LogP contribution is -2.11. The Morgan fingerprint density at radius 1 is 1.21 bits per heavy atom. The summed E-state index contributed by atoms with van der Waals surface area (Å²) in [6.45, 7) is 0. The highest BCUT2D eigenvalue weighted by Crippen LogP contribution is 2.21. The number of carbonyl (C=O) groups excluding carboxylic acids is 1. The number of nitrogens with two attached hydrogens (primary N) is 1. The minimum absolute atomic E-state index is 0.288. The minimum atomic E-state index is -0.528. The molecule has 0 unspecified atom stereocenters. The van der Waals surface area contributed by atoms with Gasteiger partial charge in [0.15, 0.2) is 5.69 Å². The van der Waals surface area contributed by atoms with Crippen molar-refractivity contribution in [1.29, 1.82) is 0 Å². The lowest BCUT2D eigenvalue weighted by atomic mass is 10.1. The maximum absolute atomic E-state index is 11.6. The molecule has 0 spiro atoms. The standard InChI is InChI=1S/C18H13ClN4O/c19-13-9-12-7-11(4-5-14(12)21-10-13)8-16-22-17(18(20)24)15-3-1-2-6-23(15)16/h1-7,9-10H,8H2,(H2,20,24). The van der Waals surface area contributed by atoms with E-state index < -0.39 is 5.91 Å². The van der Waals surface area contributed by atoms with Crippen molar-refractivity contribution in [2.45, 2.75) is 6.42 Å². The van der Waals surface area contributed by atoms with Crippen molar-refractivity contribution in [3.63, 3.8) is 0 Å². The number of hydrogen-bond acceptors (Lipinski definition) is 3. The van der Waals surface area contributed by atoms with Gasteiger partial charge in [0.1, 0.15) is 5.82 Å². The lowest BCUT2D eigenvalue weighted by molar-refractivity contribution is 0.0997. The van der Waals surface area contributed by atoms with Gasteiger partial charge in [0.25, 0.3) is 5.91 Å². The second-order valence-corrected chi connectivity index (χ2v) is 5.99. The molecule has 0 saturated heterocycles. The largest absolute Gasteiger partial charge is 0.364 e. The second kappa shape index (κ2) is 5.62. The Bertz CT molecular complexity index is 1090. The molecule has 1 aromatic carbocycles. The number of carbonyl (C=O) groups is 1. The number of amides is 1. The highest BCUT2D eigenvalue weighted by atomic mass is 35.5. The van der Waals surface area contributed by atoms with Crippen LogP contribution in [-0.4, -0.2) is 20.3 Å². The van der Waals surface area contributed by atoms with Gasteiger partial charge in [0.2, 0.25) is 0 Å². The van der Waals surface area contributed by atoms with Gasteiger partial charge in [-0.3, -0.25) is 9.78 Å². The molecule has 2 N–H and O–H groups in total. The Balaban J connectivity index is 1.80. The predicted octanol–water partition coefficient (Wildman–Crippen LogP) is 3.23. The van der Waals surface area contributed by atoms with Crippen LogP contribution >= 0.6 is 11.6 Å². The zero-order valence-corrected chi connectivity index (χ0v) is 13.4. The molecule has 5 nitrogen and oxygen atoms in total. The van der Waals surface area contributed by atoms with E-state index in [0.717, 1.165) is 22.3 Å². The van der Waals surface area contributed by atoms with Crippen LogP contribution in [0.5, 0.6) is 0 Å².